The van der Waals surface area contributed by atoms with Gasteiger partial charge < -0.3 is 9.30 Å². The molecular weight excluding hydrogens is 312 g/mol. The highest BCUT2D eigenvalue weighted by molar-refractivity contribution is 6.28. The van der Waals surface area contributed by atoms with Crippen molar-refractivity contribution in [2.45, 2.75) is 38.3 Å². The Morgan fingerprint density at radius 3 is 2.70 bits per heavy atom. The first-order valence-electron chi connectivity index (χ1n) is 7.88. The minimum atomic E-state index is 0.195. The van der Waals surface area contributed by atoms with Gasteiger partial charge in [0.05, 0.1) is 6.33 Å². The zero-order chi connectivity index (χ0) is 15.6. The van der Waals surface area contributed by atoms with Gasteiger partial charge in [-0.1, -0.05) is 43.2 Å². The highest BCUT2D eigenvalue weighted by Gasteiger charge is 2.22. The monoisotopic (exact) mass is 328 g/mol. The lowest BCUT2D eigenvalue weighted by molar-refractivity contribution is 0.297. The Labute approximate surface area is 139 Å². The second kappa shape index (κ2) is 6.16. The molecule has 0 bridgehead atoms. The van der Waals surface area contributed by atoms with Crippen molar-refractivity contribution in [1.82, 2.24) is 19.5 Å². The molecule has 2 heterocycles. The number of rotatable bonds is 4. The van der Waals surface area contributed by atoms with E-state index in [4.69, 9.17) is 16.3 Å². The molecule has 0 spiro atoms. The molecule has 118 valence electrons. The summed E-state index contributed by atoms with van der Waals surface area (Å²) in [5.41, 5.74) is 2.52. The van der Waals surface area contributed by atoms with Gasteiger partial charge in [0.2, 0.25) is 11.2 Å². The zero-order valence-corrected chi connectivity index (χ0v) is 13.4. The molecule has 0 unspecified atom stereocenters. The summed E-state index contributed by atoms with van der Waals surface area (Å²) in [5.74, 6) is 0.445. The van der Waals surface area contributed by atoms with Gasteiger partial charge in [-0.2, -0.15) is 9.97 Å². The van der Waals surface area contributed by atoms with E-state index >= 15 is 0 Å². The Balaban J connectivity index is 1.66. The van der Waals surface area contributed by atoms with Gasteiger partial charge in [-0.05, 0) is 30.0 Å². The molecule has 0 atom stereocenters. The number of halogens is 1. The van der Waals surface area contributed by atoms with Gasteiger partial charge in [0.1, 0.15) is 6.61 Å². The fourth-order valence-electron chi connectivity index (χ4n) is 3.14. The lowest BCUT2D eigenvalue weighted by Gasteiger charge is -2.12. The largest absolute Gasteiger partial charge is 0.471 e. The SMILES string of the molecule is Clc1nc(OCc2ccccc2)c2ncn(C3CCCC3)c2n1. The molecule has 0 radical (unpaired) electrons. The lowest BCUT2D eigenvalue weighted by atomic mass is 10.2. The Morgan fingerprint density at radius 2 is 1.91 bits per heavy atom. The van der Waals surface area contributed by atoms with Crippen molar-refractivity contribution in [2.75, 3.05) is 0 Å². The summed E-state index contributed by atoms with van der Waals surface area (Å²) in [7, 11) is 0. The van der Waals surface area contributed by atoms with Crippen LogP contribution in [0.5, 0.6) is 5.88 Å². The maximum atomic E-state index is 6.10. The summed E-state index contributed by atoms with van der Waals surface area (Å²) < 4.78 is 7.97. The van der Waals surface area contributed by atoms with Crippen LogP contribution in [0.3, 0.4) is 0 Å². The van der Waals surface area contributed by atoms with Crippen LogP contribution < -0.4 is 4.74 Å². The van der Waals surface area contributed by atoms with Gasteiger partial charge >= 0.3 is 0 Å². The molecular formula is C17H17ClN4O. The highest BCUT2D eigenvalue weighted by atomic mass is 35.5. The third-order valence-corrected chi connectivity index (χ3v) is 4.47. The van der Waals surface area contributed by atoms with Crippen molar-refractivity contribution in [3.8, 4) is 5.88 Å². The predicted molar refractivity (Wildman–Crippen MR) is 88.6 cm³/mol. The Morgan fingerprint density at radius 1 is 1.13 bits per heavy atom. The van der Waals surface area contributed by atoms with Crippen LogP contribution in [0.4, 0.5) is 0 Å². The van der Waals surface area contributed by atoms with E-state index in [9.17, 15) is 0 Å². The minimum Gasteiger partial charge on any atom is -0.471 e. The summed E-state index contributed by atoms with van der Waals surface area (Å²) >= 11 is 6.10. The standard InChI is InChI=1S/C17H17ClN4O/c18-17-20-15-14(19-11-22(15)13-8-4-5-9-13)16(21-17)23-10-12-6-2-1-3-7-12/h1-3,6-7,11,13H,4-5,8-10H2. The topological polar surface area (TPSA) is 52.8 Å². The average Bonchev–Trinajstić information content (AvgIpc) is 3.22. The molecule has 1 aliphatic carbocycles. The summed E-state index contributed by atoms with van der Waals surface area (Å²) in [6.07, 6.45) is 6.66. The number of ether oxygens (including phenoxy) is 1. The Hall–Kier alpha value is -2.14. The number of nitrogens with zero attached hydrogens (tertiary/aromatic N) is 4. The summed E-state index contributed by atoms with van der Waals surface area (Å²) in [6, 6.07) is 10.4. The number of aromatic nitrogens is 4. The molecule has 0 saturated heterocycles. The first-order chi connectivity index (χ1) is 11.3. The van der Waals surface area contributed by atoms with Gasteiger partial charge in [-0.3, -0.25) is 0 Å². The van der Waals surface area contributed by atoms with E-state index in [2.05, 4.69) is 19.5 Å². The van der Waals surface area contributed by atoms with Crippen LogP contribution >= 0.6 is 11.6 Å². The van der Waals surface area contributed by atoms with Crippen LogP contribution in [0, 0.1) is 0 Å². The molecule has 2 aromatic heterocycles. The van der Waals surface area contributed by atoms with Crippen LogP contribution in [0.25, 0.3) is 11.2 Å². The van der Waals surface area contributed by atoms with Crippen molar-refractivity contribution >= 4 is 22.8 Å². The van der Waals surface area contributed by atoms with E-state index in [0.717, 1.165) is 24.1 Å². The Bertz CT molecular complexity index is 812. The number of hydrogen-bond donors (Lipinski definition) is 0. The first-order valence-corrected chi connectivity index (χ1v) is 8.26. The van der Waals surface area contributed by atoms with Crippen LogP contribution in [0.15, 0.2) is 36.7 Å². The highest BCUT2D eigenvalue weighted by Crippen LogP contribution is 2.33. The molecule has 0 N–H and O–H groups in total. The van der Waals surface area contributed by atoms with Gasteiger partial charge in [0, 0.05) is 6.04 Å². The third kappa shape index (κ3) is 2.88. The first kappa shape index (κ1) is 14.5. The molecule has 0 aliphatic heterocycles. The molecule has 23 heavy (non-hydrogen) atoms. The normalized spacial score (nSPS) is 15.3. The summed E-state index contributed by atoms with van der Waals surface area (Å²) in [5, 5.41) is 0.195. The van der Waals surface area contributed by atoms with Gasteiger partial charge in [0.15, 0.2) is 11.2 Å². The fourth-order valence-corrected chi connectivity index (χ4v) is 3.30. The van der Waals surface area contributed by atoms with Crippen molar-refractivity contribution < 1.29 is 4.74 Å². The average molecular weight is 329 g/mol. The maximum Gasteiger partial charge on any atom is 0.247 e. The number of fused-ring (bicyclic) bond motifs is 1. The van der Waals surface area contributed by atoms with Crippen molar-refractivity contribution in [3.63, 3.8) is 0 Å². The smallest absolute Gasteiger partial charge is 0.247 e. The third-order valence-electron chi connectivity index (χ3n) is 4.30. The van der Waals surface area contributed by atoms with E-state index in [1.165, 1.54) is 12.8 Å². The quantitative estimate of drug-likeness (QED) is 0.674. The van der Waals surface area contributed by atoms with E-state index in [-0.39, 0.29) is 5.28 Å². The van der Waals surface area contributed by atoms with Gasteiger partial charge in [-0.25, -0.2) is 4.98 Å². The second-order valence-electron chi connectivity index (χ2n) is 5.83. The molecule has 0 amide bonds. The number of benzene rings is 1. The molecule has 1 saturated carbocycles. The van der Waals surface area contributed by atoms with E-state index in [0.29, 0.717) is 24.0 Å². The maximum absolute atomic E-state index is 6.10. The van der Waals surface area contributed by atoms with Crippen LogP contribution in [0.2, 0.25) is 5.28 Å². The molecule has 5 nitrogen and oxygen atoms in total. The van der Waals surface area contributed by atoms with Crippen LogP contribution in [-0.2, 0) is 6.61 Å². The van der Waals surface area contributed by atoms with Crippen molar-refractivity contribution in [1.29, 1.82) is 0 Å². The summed E-state index contributed by atoms with van der Waals surface area (Å²) in [4.78, 5) is 13.1. The van der Waals surface area contributed by atoms with E-state index in [1.54, 1.807) is 0 Å². The molecule has 6 heteroatoms. The lowest BCUT2D eigenvalue weighted by Crippen LogP contribution is -2.05. The van der Waals surface area contributed by atoms with Crippen molar-refractivity contribution in [2.24, 2.45) is 0 Å². The zero-order valence-electron chi connectivity index (χ0n) is 12.7. The minimum absolute atomic E-state index is 0.195. The molecule has 1 fully saturated rings. The number of hydrogen-bond acceptors (Lipinski definition) is 4. The summed E-state index contributed by atoms with van der Waals surface area (Å²) in [6.45, 7) is 0.430. The van der Waals surface area contributed by atoms with Crippen molar-refractivity contribution in [3.05, 3.63) is 47.5 Å². The van der Waals surface area contributed by atoms with E-state index in [1.807, 2.05) is 36.7 Å². The molecule has 1 aliphatic rings. The van der Waals surface area contributed by atoms with Crippen LogP contribution in [0.1, 0.15) is 37.3 Å². The predicted octanol–water partition coefficient (Wildman–Crippen LogP) is 4.17. The van der Waals surface area contributed by atoms with Crippen LogP contribution in [-0.4, -0.2) is 19.5 Å². The molecule has 3 aromatic rings. The van der Waals surface area contributed by atoms with Gasteiger partial charge in [-0.15, -0.1) is 0 Å². The molecule has 1 aromatic carbocycles. The number of imidazole rings is 1. The van der Waals surface area contributed by atoms with E-state index < -0.39 is 0 Å². The molecule has 4 rings (SSSR count). The Kier molecular flexibility index (Phi) is 3.87. The second-order valence-corrected chi connectivity index (χ2v) is 6.17. The van der Waals surface area contributed by atoms with Gasteiger partial charge in [0.25, 0.3) is 0 Å². The fraction of sp³-hybridized carbons (Fsp3) is 0.353.